The van der Waals surface area contributed by atoms with E-state index in [-0.39, 0.29) is 17.2 Å². The summed E-state index contributed by atoms with van der Waals surface area (Å²) in [6, 6.07) is 4.54. The fourth-order valence-electron chi connectivity index (χ4n) is 3.31. The molecule has 1 heterocycles. The van der Waals surface area contributed by atoms with Crippen LogP contribution in [0.1, 0.15) is 31.1 Å². The van der Waals surface area contributed by atoms with Crippen molar-refractivity contribution in [2.45, 2.75) is 26.8 Å². The van der Waals surface area contributed by atoms with E-state index in [1.165, 1.54) is 4.90 Å². The van der Waals surface area contributed by atoms with E-state index in [4.69, 9.17) is 23.2 Å². The maximum atomic E-state index is 13.3. The highest BCUT2D eigenvalue weighted by Crippen LogP contribution is 2.31. The SMILES string of the molecule is CN(C)/C=C(\C(=O)c1ccc(Cl)cc1Cl)N1CCN(C(=O)O)C(C(C)(C)C)C1. The highest BCUT2D eigenvalue weighted by atomic mass is 35.5. The maximum absolute atomic E-state index is 13.3. The monoisotopic (exact) mass is 427 g/mol. The largest absolute Gasteiger partial charge is 0.465 e. The molecule has 1 unspecified atom stereocenters. The number of hydrogen-bond acceptors (Lipinski definition) is 4. The van der Waals surface area contributed by atoms with Gasteiger partial charge in [-0.15, -0.1) is 0 Å². The third kappa shape index (κ3) is 5.11. The lowest BCUT2D eigenvalue weighted by Crippen LogP contribution is -2.59. The molecule has 2 rings (SSSR count). The Balaban J connectivity index is 2.41. The van der Waals surface area contributed by atoms with E-state index in [2.05, 4.69) is 0 Å². The average molecular weight is 428 g/mol. The molecule has 1 fully saturated rings. The van der Waals surface area contributed by atoms with Crippen LogP contribution in [0.25, 0.3) is 0 Å². The highest BCUT2D eigenvalue weighted by Gasteiger charge is 2.39. The number of carbonyl (C=O) groups excluding carboxylic acids is 1. The van der Waals surface area contributed by atoms with Crippen LogP contribution in [0.15, 0.2) is 30.1 Å². The van der Waals surface area contributed by atoms with Gasteiger partial charge in [-0.2, -0.15) is 0 Å². The molecule has 154 valence electrons. The molecular weight excluding hydrogens is 401 g/mol. The van der Waals surface area contributed by atoms with Crippen molar-refractivity contribution in [1.82, 2.24) is 14.7 Å². The van der Waals surface area contributed by atoms with Crippen LogP contribution in [0.5, 0.6) is 0 Å². The molecule has 1 saturated heterocycles. The minimum atomic E-state index is -0.940. The highest BCUT2D eigenvalue weighted by molar-refractivity contribution is 6.37. The molecule has 0 radical (unpaired) electrons. The van der Waals surface area contributed by atoms with Crippen molar-refractivity contribution in [1.29, 1.82) is 0 Å². The van der Waals surface area contributed by atoms with Gasteiger partial charge in [-0.1, -0.05) is 44.0 Å². The minimum Gasteiger partial charge on any atom is -0.465 e. The summed E-state index contributed by atoms with van der Waals surface area (Å²) in [5.41, 5.74) is 0.571. The van der Waals surface area contributed by atoms with Crippen LogP contribution in [0, 0.1) is 5.41 Å². The summed E-state index contributed by atoms with van der Waals surface area (Å²) in [4.78, 5) is 30.2. The lowest BCUT2D eigenvalue weighted by Gasteiger charge is -2.47. The second-order valence-electron chi connectivity index (χ2n) is 8.24. The molecule has 0 spiro atoms. The Morgan fingerprint density at radius 2 is 1.86 bits per heavy atom. The van der Waals surface area contributed by atoms with Gasteiger partial charge in [0.05, 0.1) is 11.1 Å². The van der Waals surface area contributed by atoms with Gasteiger partial charge in [0.2, 0.25) is 5.78 Å². The van der Waals surface area contributed by atoms with Crippen LogP contribution in [0.3, 0.4) is 0 Å². The second kappa shape index (κ2) is 8.62. The van der Waals surface area contributed by atoms with Gasteiger partial charge >= 0.3 is 6.09 Å². The topological polar surface area (TPSA) is 64.1 Å². The molecule has 1 aliphatic heterocycles. The molecule has 0 aromatic heterocycles. The molecule has 1 aromatic carbocycles. The first kappa shape index (κ1) is 22.4. The van der Waals surface area contributed by atoms with E-state index in [0.29, 0.717) is 40.9 Å². The van der Waals surface area contributed by atoms with Crippen molar-refractivity contribution in [2.24, 2.45) is 5.41 Å². The van der Waals surface area contributed by atoms with Crippen molar-refractivity contribution < 1.29 is 14.7 Å². The van der Waals surface area contributed by atoms with Crippen molar-refractivity contribution in [3.8, 4) is 0 Å². The fraction of sp³-hybridized carbons (Fsp3) is 0.500. The van der Waals surface area contributed by atoms with E-state index >= 15 is 0 Å². The van der Waals surface area contributed by atoms with E-state index in [0.717, 1.165) is 0 Å². The molecule has 1 amide bonds. The quantitative estimate of drug-likeness (QED) is 0.573. The molecule has 8 heteroatoms. The predicted octanol–water partition coefficient (Wildman–Crippen LogP) is 4.29. The average Bonchev–Trinajstić information content (AvgIpc) is 2.57. The zero-order chi connectivity index (χ0) is 21.2. The van der Waals surface area contributed by atoms with Gasteiger partial charge in [0.15, 0.2) is 0 Å². The number of allylic oxidation sites excluding steroid dienone is 1. The summed E-state index contributed by atoms with van der Waals surface area (Å²) in [6.45, 7) is 7.19. The van der Waals surface area contributed by atoms with E-state index in [1.807, 2.05) is 39.8 Å². The Hall–Kier alpha value is -1.92. The third-order valence-electron chi connectivity index (χ3n) is 4.76. The van der Waals surface area contributed by atoms with Gasteiger partial charge in [-0.25, -0.2) is 4.79 Å². The van der Waals surface area contributed by atoms with Crippen LogP contribution in [0.2, 0.25) is 10.0 Å². The summed E-state index contributed by atoms with van der Waals surface area (Å²) >= 11 is 12.2. The molecule has 0 aliphatic carbocycles. The predicted molar refractivity (Wildman–Crippen MR) is 112 cm³/mol. The van der Waals surface area contributed by atoms with Gasteiger partial charge in [-0.3, -0.25) is 4.79 Å². The first-order valence-corrected chi connectivity index (χ1v) is 9.80. The summed E-state index contributed by atoms with van der Waals surface area (Å²) in [5, 5.41) is 10.3. The first-order valence-electron chi connectivity index (χ1n) is 9.04. The molecular formula is C20H27Cl2N3O3. The van der Waals surface area contributed by atoms with Crippen LogP contribution < -0.4 is 0 Å². The number of amides is 1. The Morgan fingerprint density at radius 3 is 2.36 bits per heavy atom. The summed E-state index contributed by atoms with van der Waals surface area (Å²) in [5.74, 6) is -0.216. The number of halogens is 2. The Kier molecular flexibility index (Phi) is 6.88. The third-order valence-corrected chi connectivity index (χ3v) is 5.30. The van der Waals surface area contributed by atoms with E-state index in [9.17, 15) is 14.7 Å². The van der Waals surface area contributed by atoms with Gasteiger partial charge in [0.25, 0.3) is 0 Å². The van der Waals surface area contributed by atoms with Gasteiger partial charge in [0.1, 0.15) is 5.70 Å². The second-order valence-corrected chi connectivity index (χ2v) is 9.08. The van der Waals surface area contributed by atoms with Crippen molar-refractivity contribution >= 4 is 35.1 Å². The number of carboxylic acid groups (broad SMARTS) is 1. The normalized spacial score (nSPS) is 18.2. The molecule has 1 N–H and O–H groups in total. The molecule has 0 bridgehead atoms. The number of nitrogens with zero attached hydrogens (tertiary/aromatic N) is 3. The fourth-order valence-corrected chi connectivity index (χ4v) is 3.81. The van der Waals surface area contributed by atoms with E-state index < -0.39 is 6.09 Å². The number of Topliss-reactive ketones (excluding diaryl/α,β-unsaturated/α-hetero) is 1. The van der Waals surface area contributed by atoms with Gasteiger partial charge in [0, 0.05) is 50.5 Å². The molecule has 1 aromatic rings. The number of ketones is 1. The zero-order valence-corrected chi connectivity index (χ0v) is 18.4. The van der Waals surface area contributed by atoms with E-state index in [1.54, 1.807) is 29.3 Å². The van der Waals surface area contributed by atoms with Crippen molar-refractivity contribution in [2.75, 3.05) is 33.7 Å². The maximum Gasteiger partial charge on any atom is 0.407 e. The summed E-state index contributed by atoms with van der Waals surface area (Å²) < 4.78 is 0. The first-order chi connectivity index (χ1) is 12.9. The summed E-state index contributed by atoms with van der Waals surface area (Å²) in [7, 11) is 3.68. The smallest absolute Gasteiger partial charge is 0.407 e. The molecule has 28 heavy (non-hydrogen) atoms. The zero-order valence-electron chi connectivity index (χ0n) is 16.9. The molecule has 1 atom stereocenters. The van der Waals surface area contributed by atoms with Crippen LogP contribution in [-0.2, 0) is 0 Å². The lowest BCUT2D eigenvalue weighted by molar-refractivity contribution is 0.0316. The number of benzene rings is 1. The summed E-state index contributed by atoms with van der Waals surface area (Å²) in [6.07, 6.45) is 0.813. The standard InChI is InChI=1S/C20H27Cl2N3O3/c1-20(2,3)17-12-24(8-9-25(17)19(27)28)16(11-23(4)5)18(26)14-7-6-13(21)10-15(14)22/h6-7,10-11,17H,8-9,12H2,1-5H3,(H,27,28)/b16-11+. The van der Waals surface area contributed by atoms with Gasteiger partial charge in [-0.05, 0) is 23.6 Å². The Morgan fingerprint density at radius 1 is 1.21 bits per heavy atom. The van der Waals surface area contributed by atoms with Gasteiger partial charge < -0.3 is 19.8 Å². The molecule has 1 aliphatic rings. The Labute approximate surface area is 176 Å². The van der Waals surface area contributed by atoms with Crippen molar-refractivity contribution in [3.05, 3.63) is 45.7 Å². The van der Waals surface area contributed by atoms with Crippen LogP contribution in [-0.4, -0.2) is 71.5 Å². The number of carbonyl (C=O) groups is 2. The Bertz CT molecular complexity index is 787. The van der Waals surface area contributed by atoms with Crippen LogP contribution >= 0.6 is 23.2 Å². The lowest BCUT2D eigenvalue weighted by atomic mass is 9.84. The minimum absolute atomic E-state index is 0.216. The number of rotatable bonds is 4. The number of hydrogen-bond donors (Lipinski definition) is 1. The van der Waals surface area contributed by atoms with Crippen LogP contribution in [0.4, 0.5) is 4.79 Å². The molecule has 0 saturated carbocycles. The van der Waals surface area contributed by atoms with Crippen molar-refractivity contribution in [3.63, 3.8) is 0 Å². The molecule has 6 nitrogen and oxygen atoms in total. The number of piperazine rings is 1.